The molecule has 2 heterocycles. The van der Waals surface area contributed by atoms with Gasteiger partial charge in [-0.1, -0.05) is 23.2 Å². The highest BCUT2D eigenvalue weighted by Crippen LogP contribution is 2.35. The van der Waals surface area contributed by atoms with E-state index in [2.05, 4.69) is 20.5 Å². The molecule has 0 aliphatic heterocycles. The van der Waals surface area contributed by atoms with Gasteiger partial charge < -0.3 is 4.74 Å². The lowest BCUT2D eigenvalue weighted by molar-refractivity contribution is -0.137. The molecule has 150 valence electrons. The van der Waals surface area contributed by atoms with Crippen molar-refractivity contribution in [2.24, 2.45) is 5.10 Å². The van der Waals surface area contributed by atoms with Crippen molar-refractivity contribution in [1.82, 2.24) is 9.97 Å². The number of rotatable bonds is 5. The van der Waals surface area contributed by atoms with Crippen molar-refractivity contribution >= 4 is 34.7 Å². The van der Waals surface area contributed by atoms with E-state index in [-0.39, 0.29) is 15.9 Å². The number of ether oxygens (including phenoxy) is 1. The smallest absolute Gasteiger partial charge is 0.416 e. The van der Waals surface area contributed by atoms with Crippen LogP contribution in [0.5, 0.6) is 11.5 Å². The lowest BCUT2D eigenvalue weighted by Crippen LogP contribution is -2.06. The van der Waals surface area contributed by atoms with Crippen molar-refractivity contribution in [3.63, 3.8) is 0 Å². The lowest BCUT2D eigenvalue weighted by atomic mass is 10.1. The van der Waals surface area contributed by atoms with Gasteiger partial charge in [-0.05, 0) is 48.9 Å². The van der Waals surface area contributed by atoms with Crippen molar-refractivity contribution in [2.75, 3.05) is 5.43 Å². The highest BCUT2D eigenvalue weighted by Gasteiger charge is 2.30. The first-order chi connectivity index (χ1) is 13.7. The summed E-state index contributed by atoms with van der Waals surface area (Å²) in [5, 5.41) is 4.63. The fourth-order valence-electron chi connectivity index (χ4n) is 2.25. The number of nitrogens with zero attached hydrogens (tertiary/aromatic N) is 3. The van der Waals surface area contributed by atoms with E-state index in [0.29, 0.717) is 17.2 Å². The Hall–Kier alpha value is -2.84. The molecule has 0 amide bonds. The first-order valence-electron chi connectivity index (χ1n) is 8.15. The topological polar surface area (TPSA) is 59.4 Å². The van der Waals surface area contributed by atoms with Crippen LogP contribution in [-0.2, 0) is 6.18 Å². The number of nitrogens with one attached hydrogen (secondary N) is 1. The first-order valence-corrected chi connectivity index (χ1v) is 8.90. The Bertz CT molecular complexity index is 1020. The van der Waals surface area contributed by atoms with Crippen molar-refractivity contribution < 1.29 is 17.9 Å². The van der Waals surface area contributed by atoms with Crippen LogP contribution in [0.1, 0.15) is 18.1 Å². The standard InChI is InChI=1S/C19H13Cl2F3N4O/c1-11(27-28-17-8-13(6-7-26-17)19(22,23)24)12-2-4-14(5-3-12)29-18-15(20)9-25-10-16(18)21/h2-10H,1H3,(H,26,28)/b27-11+. The second-order valence-electron chi connectivity index (χ2n) is 5.80. The molecule has 0 spiro atoms. The molecule has 1 N–H and O–H groups in total. The zero-order valence-electron chi connectivity index (χ0n) is 14.8. The summed E-state index contributed by atoms with van der Waals surface area (Å²) in [6.07, 6.45) is -0.547. The van der Waals surface area contributed by atoms with E-state index < -0.39 is 11.7 Å². The summed E-state index contributed by atoms with van der Waals surface area (Å²) < 4.78 is 43.9. The summed E-state index contributed by atoms with van der Waals surface area (Å²) >= 11 is 12.0. The number of hydrogen-bond acceptors (Lipinski definition) is 5. The van der Waals surface area contributed by atoms with Gasteiger partial charge in [0, 0.05) is 18.6 Å². The molecule has 5 nitrogen and oxygen atoms in total. The largest absolute Gasteiger partial charge is 0.454 e. The molecule has 0 aliphatic carbocycles. The molecule has 29 heavy (non-hydrogen) atoms. The van der Waals surface area contributed by atoms with Gasteiger partial charge in [-0.3, -0.25) is 10.4 Å². The maximum absolute atomic E-state index is 12.8. The number of hydrogen-bond donors (Lipinski definition) is 1. The number of pyridine rings is 2. The molecule has 0 aliphatic rings. The predicted molar refractivity (Wildman–Crippen MR) is 106 cm³/mol. The molecule has 0 bridgehead atoms. The number of alkyl halides is 3. The molecule has 2 aromatic heterocycles. The van der Waals surface area contributed by atoms with Gasteiger partial charge in [0.05, 0.1) is 11.3 Å². The summed E-state index contributed by atoms with van der Waals surface area (Å²) in [6, 6.07) is 8.61. The summed E-state index contributed by atoms with van der Waals surface area (Å²) in [4.78, 5) is 7.68. The SMILES string of the molecule is C/C(=N\Nc1cc(C(F)(F)F)ccn1)c1ccc(Oc2c(Cl)cncc2Cl)cc1. The van der Waals surface area contributed by atoms with Gasteiger partial charge in [-0.15, -0.1) is 0 Å². The third kappa shape index (κ3) is 5.36. The summed E-state index contributed by atoms with van der Waals surface area (Å²) in [7, 11) is 0. The van der Waals surface area contributed by atoms with Crippen molar-refractivity contribution in [3.8, 4) is 11.5 Å². The average molecular weight is 441 g/mol. The molecule has 10 heteroatoms. The predicted octanol–water partition coefficient (Wildman–Crippen LogP) is 6.43. The molecule has 0 fully saturated rings. The molecule has 0 saturated carbocycles. The molecule has 3 rings (SSSR count). The van der Waals surface area contributed by atoms with Crippen LogP contribution in [0.2, 0.25) is 10.0 Å². The Labute approximate surface area is 174 Å². The highest BCUT2D eigenvalue weighted by atomic mass is 35.5. The van der Waals surface area contributed by atoms with E-state index in [1.54, 1.807) is 31.2 Å². The van der Waals surface area contributed by atoms with Crippen LogP contribution in [0.4, 0.5) is 19.0 Å². The van der Waals surface area contributed by atoms with Crippen LogP contribution >= 0.6 is 23.2 Å². The number of anilines is 1. The molecule has 0 unspecified atom stereocenters. The average Bonchev–Trinajstić information content (AvgIpc) is 2.69. The molecule has 0 atom stereocenters. The second kappa shape index (κ2) is 8.67. The number of hydrazone groups is 1. The minimum absolute atomic E-state index is 0.0129. The molecule has 0 radical (unpaired) electrons. The minimum Gasteiger partial charge on any atom is -0.454 e. The van der Waals surface area contributed by atoms with E-state index in [4.69, 9.17) is 27.9 Å². The fraction of sp³-hybridized carbons (Fsp3) is 0.105. The second-order valence-corrected chi connectivity index (χ2v) is 6.61. The molecular weight excluding hydrogens is 428 g/mol. The third-order valence-corrected chi connectivity index (χ3v) is 4.27. The Morgan fingerprint density at radius 2 is 1.72 bits per heavy atom. The van der Waals surface area contributed by atoms with Gasteiger partial charge in [0.2, 0.25) is 0 Å². The van der Waals surface area contributed by atoms with Gasteiger partial charge in [0.25, 0.3) is 0 Å². The number of benzene rings is 1. The van der Waals surface area contributed by atoms with Crippen LogP contribution in [0.3, 0.4) is 0 Å². The zero-order chi connectivity index (χ0) is 21.0. The lowest BCUT2D eigenvalue weighted by Gasteiger charge is -2.10. The zero-order valence-corrected chi connectivity index (χ0v) is 16.3. The van der Waals surface area contributed by atoms with Gasteiger partial charge in [0.15, 0.2) is 5.75 Å². The van der Waals surface area contributed by atoms with E-state index in [0.717, 1.165) is 23.9 Å². The molecule has 3 aromatic rings. The van der Waals surface area contributed by atoms with Crippen molar-refractivity contribution in [3.05, 3.63) is 76.2 Å². The van der Waals surface area contributed by atoms with Gasteiger partial charge in [-0.2, -0.15) is 18.3 Å². The van der Waals surface area contributed by atoms with Crippen LogP contribution in [0.15, 0.2) is 60.1 Å². The highest BCUT2D eigenvalue weighted by molar-refractivity contribution is 6.36. The van der Waals surface area contributed by atoms with Gasteiger partial charge in [-0.25, -0.2) is 4.98 Å². The quantitative estimate of drug-likeness (QED) is 0.366. The first kappa shape index (κ1) is 20.9. The van der Waals surface area contributed by atoms with Crippen LogP contribution in [-0.4, -0.2) is 15.7 Å². The Balaban J connectivity index is 1.71. The number of halogens is 5. The Morgan fingerprint density at radius 3 is 2.34 bits per heavy atom. The van der Waals surface area contributed by atoms with E-state index >= 15 is 0 Å². The van der Waals surface area contributed by atoms with Crippen molar-refractivity contribution in [2.45, 2.75) is 13.1 Å². The summed E-state index contributed by atoms with van der Waals surface area (Å²) in [5.41, 5.74) is 2.98. The number of aromatic nitrogens is 2. The van der Waals surface area contributed by atoms with Crippen LogP contribution in [0, 0.1) is 0 Å². The normalized spacial score (nSPS) is 12.0. The van der Waals surface area contributed by atoms with Gasteiger partial charge >= 0.3 is 6.18 Å². The third-order valence-electron chi connectivity index (χ3n) is 3.73. The maximum atomic E-state index is 12.8. The minimum atomic E-state index is -4.45. The Kier molecular flexibility index (Phi) is 6.24. The summed E-state index contributed by atoms with van der Waals surface area (Å²) in [6.45, 7) is 1.70. The summed E-state index contributed by atoms with van der Waals surface area (Å²) in [5.74, 6) is 0.768. The van der Waals surface area contributed by atoms with E-state index in [9.17, 15) is 13.2 Å². The van der Waals surface area contributed by atoms with Crippen LogP contribution < -0.4 is 10.2 Å². The van der Waals surface area contributed by atoms with E-state index in [1.165, 1.54) is 12.4 Å². The maximum Gasteiger partial charge on any atom is 0.416 e. The fourth-order valence-corrected chi connectivity index (χ4v) is 2.69. The molecular formula is C19H13Cl2F3N4O. The Morgan fingerprint density at radius 1 is 1.07 bits per heavy atom. The van der Waals surface area contributed by atoms with Gasteiger partial charge in [0.1, 0.15) is 21.6 Å². The van der Waals surface area contributed by atoms with Crippen LogP contribution in [0.25, 0.3) is 0 Å². The monoisotopic (exact) mass is 440 g/mol. The van der Waals surface area contributed by atoms with Crippen molar-refractivity contribution in [1.29, 1.82) is 0 Å². The van der Waals surface area contributed by atoms with E-state index in [1.807, 2.05) is 0 Å². The molecule has 1 aromatic carbocycles. The molecule has 0 saturated heterocycles.